The predicted molar refractivity (Wildman–Crippen MR) is 86.7 cm³/mol. The topological polar surface area (TPSA) is 66.9 Å². The first-order valence-electron chi connectivity index (χ1n) is 6.36. The fourth-order valence-electron chi connectivity index (χ4n) is 1.63. The lowest BCUT2D eigenvalue weighted by molar-refractivity contribution is 0.0952. The molecule has 6 heteroatoms. The molecule has 5 nitrogen and oxygen atoms in total. The average Bonchev–Trinajstić information content (AvgIpc) is 2.48. The summed E-state index contributed by atoms with van der Waals surface area (Å²) in [5, 5.41) is 13.7. The van der Waals surface area contributed by atoms with E-state index in [1.807, 2.05) is 25.1 Å². The van der Waals surface area contributed by atoms with Crippen molar-refractivity contribution in [1.82, 2.24) is 15.5 Å². The van der Waals surface area contributed by atoms with Crippen LogP contribution in [0.15, 0.2) is 47.5 Å². The number of nitrogens with one attached hydrogen (secondary N) is 2. The largest absolute Gasteiger partial charge is 0.347 e. The minimum atomic E-state index is -0.273. The lowest BCUT2D eigenvalue weighted by Crippen LogP contribution is -2.24. The molecular weight excluding hydrogens is 332 g/mol. The molecule has 0 bridgehead atoms. The van der Waals surface area contributed by atoms with Gasteiger partial charge in [-0.2, -0.15) is 0 Å². The molecule has 0 aliphatic carbocycles. The number of carbonyl (C=O) groups is 1. The molecular formula is C15H15BrN4O. The first kappa shape index (κ1) is 15.2. The molecule has 21 heavy (non-hydrogen) atoms. The summed E-state index contributed by atoms with van der Waals surface area (Å²) >= 11 is 3.49. The van der Waals surface area contributed by atoms with Gasteiger partial charge in [0.1, 0.15) is 0 Å². The molecule has 0 saturated heterocycles. The Morgan fingerprint density at radius 2 is 2.14 bits per heavy atom. The highest BCUT2D eigenvalue weighted by Gasteiger charge is 2.07. The number of carbonyl (C=O) groups excluding carboxylic acids is 1. The van der Waals surface area contributed by atoms with E-state index in [1.165, 1.54) is 0 Å². The standard InChI is InChI=1S/C15H15BrN4O/c1-3-8-17-15(21)13-6-7-14(20-19-13)18-12-5-4-10(2)9-11(12)16/h3-7,9H,1,8H2,2H3,(H,17,21)(H,18,20). The van der Waals surface area contributed by atoms with Crippen LogP contribution in [0.4, 0.5) is 11.5 Å². The molecule has 0 unspecified atom stereocenters. The summed E-state index contributed by atoms with van der Waals surface area (Å²) in [7, 11) is 0. The minimum absolute atomic E-state index is 0.269. The molecule has 0 radical (unpaired) electrons. The van der Waals surface area contributed by atoms with Crippen molar-refractivity contribution in [2.24, 2.45) is 0 Å². The summed E-state index contributed by atoms with van der Waals surface area (Å²) in [6, 6.07) is 9.29. The van der Waals surface area contributed by atoms with Gasteiger partial charge in [-0.05, 0) is 52.7 Å². The predicted octanol–water partition coefficient (Wildman–Crippen LogP) is 3.21. The first-order chi connectivity index (χ1) is 10.1. The number of hydrogen-bond acceptors (Lipinski definition) is 4. The Balaban J connectivity index is 2.08. The van der Waals surface area contributed by atoms with Gasteiger partial charge in [0, 0.05) is 11.0 Å². The number of hydrogen-bond donors (Lipinski definition) is 2. The number of anilines is 2. The molecule has 0 fully saturated rings. The second-order valence-electron chi connectivity index (χ2n) is 4.41. The van der Waals surface area contributed by atoms with Crippen molar-refractivity contribution in [3.05, 3.63) is 58.7 Å². The van der Waals surface area contributed by atoms with Crippen molar-refractivity contribution in [2.75, 3.05) is 11.9 Å². The van der Waals surface area contributed by atoms with Gasteiger partial charge in [-0.25, -0.2) is 0 Å². The maximum Gasteiger partial charge on any atom is 0.272 e. The molecule has 0 saturated carbocycles. The fraction of sp³-hybridized carbons (Fsp3) is 0.133. The van der Waals surface area contributed by atoms with Crippen LogP contribution in [0.5, 0.6) is 0 Å². The van der Waals surface area contributed by atoms with Gasteiger partial charge < -0.3 is 10.6 Å². The number of aryl methyl sites for hydroxylation is 1. The molecule has 1 heterocycles. The van der Waals surface area contributed by atoms with Crippen LogP contribution in [0.1, 0.15) is 16.1 Å². The summed E-state index contributed by atoms with van der Waals surface area (Å²) < 4.78 is 0.942. The third-order valence-corrected chi connectivity index (χ3v) is 3.35. The number of halogens is 1. The number of amides is 1. The first-order valence-corrected chi connectivity index (χ1v) is 7.15. The second kappa shape index (κ2) is 6.99. The van der Waals surface area contributed by atoms with Crippen LogP contribution < -0.4 is 10.6 Å². The van der Waals surface area contributed by atoms with Crippen molar-refractivity contribution in [2.45, 2.75) is 6.92 Å². The van der Waals surface area contributed by atoms with Gasteiger partial charge in [0.05, 0.1) is 5.69 Å². The second-order valence-corrected chi connectivity index (χ2v) is 5.27. The molecule has 0 atom stereocenters. The third kappa shape index (κ3) is 4.13. The zero-order chi connectivity index (χ0) is 15.2. The molecule has 2 rings (SSSR count). The van der Waals surface area contributed by atoms with E-state index in [9.17, 15) is 4.79 Å². The smallest absolute Gasteiger partial charge is 0.272 e. The van der Waals surface area contributed by atoms with Gasteiger partial charge in [0.15, 0.2) is 11.5 Å². The van der Waals surface area contributed by atoms with Crippen LogP contribution >= 0.6 is 15.9 Å². The van der Waals surface area contributed by atoms with Gasteiger partial charge in [-0.3, -0.25) is 4.79 Å². The third-order valence-electron chi connectivity index (χ3n) is 2.69. The van der Waals surface area contributed by atoms with E-state index in [0.29, 0.717) is 12.4 Å². The molecule has 2 aromatic rings. The Kier molecular flexibility index (Phi) is 5.05. The van der Waals surface area contributed by atoms with E-state index < -0.39 is 0 Å². The van der Waals surface area contributed by atoms with Gasteiger partial charge in [0.25, 0.3) is 5.91 Å². The maximum absolute atomic E-state index is 11.7. The van der Waals surface area contributed by atoms with Crippen molar-refractivity contribution >= 4 is 33.3 Å². The average molecular weight is 347 g/mol. The normalized spacial score (nSPS) is 10.0. The van der Waals surface area contributed by atoms with Crippen LogP contribution in [0.25, 0.3) is 0 Å². The minimum Gasteiger partial charge on any atom is -0.347 e. The van der Waals surface area contributed by atoms with Crippen molar-refractivity contribution in [3.8, 4) is 0 Å². The summed E-state index contributed by atoms with van der Waals surface area (Å²) in [4.78, 5) is 11.7. The van der Waals surface area contributed by atoms with Crippen molar-refractivity contribution in [3.63, 3.8) is 0 Å². The maximum atomic E-state index is 11.7. The zero-order valence-electron chi connectivity index (χ0n) is 11.6. The lowest BCUT2D eigenvalue weighted by atomic mass is 10.2. The number of rotatable bonds is 5. The van der Waals surface area contributed by atoms with E-state index in [4.69, 9.17) is 0 Å². The van der Waals surface area contributed by atoms with Gasteiger partial charge in [-0.15, -0.1) is 16.8 Å². The van der Waals surface area contributed by atoms with E-state index in [1.54, 1.807) is 18.2 Å². The molecule has 0 aliphatic rings. The lowest BCUT2D eigenvalue weighted by Gasteiger charge is -2.08. The van der Waals surface area contributed by atoms with E-state index >= 15 is 0 Å². The van der Waals surface area contributed by atoms with E-state index in [0.717, 1.165) is 15.7 Å². The number of benzene rings is 1. The van der Waals surface area contributed by atoms with Gasteiger partial charge in [0.2, 0.25) is 0 Å². The highest BCUT2D eigenvalue weighted by Crippen LogP contribution is 2.25. The molecule has 1 amide bonds. The quantitative estimate of drug-likeness (QED) is 0.815. The summed E-state index contributed by atoms with van der Waals surface area (Å²) in [5.41, 5.74) is 2.32. The Labute approximate surface area is 131 Å². The molecule has 0 aliphatic heterocycles. The molecule has 1 aromatic heterocycles. The van der Waals surface area contributed by atoms with Crippen LogP contribution in [0.2, 0.25) is 0 Å². The summed E-state index contributed by atoms with van der Waals surface area (Å²) in [5.74, 6) is 0.297. The Morgan fingerprint density at radius 1 is 1.33 bits per heavy atom. The monoisotopic (exact) mass is 346 g/mol. The van der Waals surface area contributed by atoms with Crippen molar-refractivity contribution < 1.29 is 4.79 Å². The number of nitrogens with zero attached hydrogens (tertiary/aromatic N) is 2. The zero-order valence-corrected chi connectivity index (χ0v) is 13.1. The molecule has 1 aromatic carbocycles. The van der Waals surface area contributed by atoms with Crippen LogP contribution in [0, 0.1) is 6.92 Å². The van der Waals surface area contributed by atoms with E-state index in [2.05, 4.69) is 43.3 Å². The highest BCUT2D eigenvalue weighted by atomic mass is 79.9. The molecule has 0 spiro atoms. The number of aromatic nitrogens is 2. The van der Waals surface area contributed by atoms with Gasteiger partial charge in [-0.1, -0.05) is 12.1 Å². The molecule has 108 valence electrons. The molecule has 2 N–H and O–H groups in total. The van der Waals surface area contributed by atoms with Crippen LogP contribution in [-0.2, 0) is 0 Å². The van der Waals surface area contributed by atoms with Crippen molar-refractivity contribution in [1.29, 1.82) is 0 Å². The fourth-order valence-corrected chi connectivity index (χ4v) is 2.23. The Bertz CT molecular complexity index is 655. The van der Waals surface area contributed by atoms with Gasteiger partial charge >= 0.3 is 0 Å². The highest BCUT2D eigenvalue weighted by molar-refractivity contribution is 9.10. The SMILES string of the molecule is C=CCNC(=O)c1ccc(Nc2ccc(C)cc2Br)nn1. The summed E-state index contributed by atoms with van der Waals surface area (Å²) in [6.45, 7) is 5.95. The Morgan fingerprint density at radius 3 is 2.76 bits per heavy atom. The van der Waals surface area contributed by atoms with Crippen LogP contribution in [-0.4, -0.2) is 22.6 Å². The van der Waals surface area contributed by atoms with E-state index in [-0.39, 0.29) is 11.6 Å². The summed E-state index contributed by atoms with van der Waals surface area (Å²) in [6.07, 6.45) is 1.61. The Hall–Kier alpha value is -2.21. The van der Waals surface area contributed by atoms with Crippen LogP contribution in [0.3, 0.4) is 0 Å².